The lowest BCUT2D eigenvalue weighted by atomic mass is 10.0. The Hall–Kier alpha value is -4.15. The smallest absolute Gasteiger partial charge is 0.404 e. The quantitative estimate of drug-likeness (QED) is 0.302. The van der Waals surface area contributed by atoms with Crippen LogP contribution in [0.1, 0.15) is 25.7 Å². The van der Waals surface area contributed by atoms with E-state index in [1.807, 2.05) is 0 Å². The first-order valence-corrected chi connectivity index (χ1v) is 13.7. The van der Waals surface area contributed by atoms with Gasteiger partial charge in [-0.05, 0) is 31.0 Å². The zero-order valence-electron chi connectivity index (χ0n) is 20.6. The summed E-state index contributed by atoms with van der Waals surface area (Å²) in [5, 5.41) is 26.5. The van der Waals surface area contributed by atoms with Crippen molar-refractivity contribution in [2.45, 2.75) is 36.6 Å². The van der Waals surface area contributed by atoms with Gasteiger partial charge in [0.25, 0.3) is 10.0 Å². The number of hydrogen-bond donors (Lipinski definition) is 4. The zero-order valence-corrected chi connectivity index (χ0v) is 21.4. The van der Waals surface area contributed by atoms with Crippen LogP contribution in [0.4, 0.5) is 16.2 Å². The van der Waals surface area contributed by atoms with Gasteiger partial charge < -0.3 is 26.0 Å². The van der Waals surface area contributed by atoms with Crippen molar-refractivity contribution < 1.29 is 23.1 Å². The van der Waals surface area contributed by atoms with E-state index in [-0.39, 0.29) is 29.6 Å². The summed E-state index contributed by atoms with van der Waals surface area (Å²) in [6.07, 6.45) is 3.63. The molecule has 0 bridgehead atoms. The lowest BCUT2D eigenvalue weighted by Gasteiger charge is -2.33. The molecule has 1 aliphatic heterocycles. The second-order valence-corrected chi connectivity index (χ2v) is 10.7. The Kier molecular flexibility index (Phi) is 8.45. The molecule has 1 saturated heterocycles. The minimum Gasteiger partial charge on any atom is -0.465 e. The van der Waals surface area contributed by atoms with Crippen molar-refractivity contribution in [3.63, 3.8) is 0 Å². The molecule has 0 radical (unpaired) electrons. The monoisotopic (exact) mass is 539 g/mol. The Morgan fingerprint density at radius 3 is 2.58 bits per heavy atom. The number of aromatic nitrogens is 2. The number of amides is 2. The molecular weight excluding hydrogens is 510 g/mol. The number of pyridine rings is 1. The molecule has 0 atom stereocenters. The minimum atomic E-state index is -3.90. The summed E-state index contributed by atoms with van der Waals surface area (Å²) in [6, 6.07) is 11.9. The van der Waals surface area contributed by atoms with Crippen LogP contribution in [0.3, 0.4) is 0 Å². The summed E-state index contributed by atoms with van der Waals surface area (Å²) in [7, 11) is -3.90. The number of hydrogen-bond acceptors (Lipinski definition) is 8. The van der Waals surface area contributed by atoms with Crippen LogP contribution in [0.2, 0.25) is 0 Å². The Bertz CT molecular complexity index is 1440. The van der Waals surface area contributed by atoms with E-state index in [9.17, 15) is 18.0 Å². The molecular formula is C25H29N7O5S. The predicted octanol–water partition coefficient (Wildman–Crippen LogP) is 2.66. The summed E-state index contributed by atoms with van der Waals surface area (Å²) in [6.45, 7) is 2.28. The second kappa shape index (κ2) is 11.9. The number of carbonyl (C=O) groups excluding carboxylic acids is 1. The van der Waals surface area contributed by atoms with Gasteiger partial charge in [0, 0.05) is 56.6 Å². The molecule has 12 nitrogen and oxygen atoms in total. The highest BCUT2D eigenvalue weighted by Gasteiger charge is 2.25. The maximum atomic E-state index is 13.3. The fraction of sp³-hybridized carbons (Fsp3) is 0.360. The number of benzene rings is 1. The fourth-order valence-electron chi connectivity index (χ4n) is 4.42. The number of anilines is 2. The van der Waals surface area contributed by atoms with Crippen LogP contribution in [-0.4, -0.2) is 71.6 Å². The SMILES string of the molecule is N#CCCN1CCC(Nc2c(NC(=O)CCNC(=O)O)cnc3c2ccn3S(=O)(=O)c2ccccc2)CC1. The first kappa shape index (κ1) is 26.9. The summed E-state index contributed by atoms with van der Waals surface area (Å²) in [5.41, 5.74) is 1.14. The van der Waals surface area contributed by atoms with Crippen LogP contribution in [0.5, 0.6) is 0 Å². The van der Waals surface area contributed by atoms with Crippen molar-refractivity contribution in [3.8, 4) is 6.07 Å². The standard InChI is InChI=1S/C25H29N7O5S/c26-11-4-13-31-14-8-18(9-15-31)29-23-20-10-16-32(38(36,37)19-5-2-1-3-6-19)24(20)28-17-21(23)30-22(33)7-12-27-25(34)35/h1-3,5-6,10,16-18,27H,4,7-9,12-15H2,(H,28,29)(H,30,33)(H,34,35). The van der Waals surface area contributed by atoms with Gasteiger partial charge >= 0.3 is 6.09 Å². The molecule has 2 aromatic heterocycles. The molecule has 1 aliphatic rings. The summed E-state index contributed by atoms with van der Waals surface area (Å²) in [5.74, 6) is -0.411. The number of rotatable bonds is 10. The van der Waals surface area contributed by atoms with Gasteiger partial charge in [-0.3, -0.25) is 4.79 Å². The van der Waals surface area contributed by atoms with Crippen molar-refractivity contribution in [1.29, 1.82) is 5.26 Å². The molecule has 13 heteroatoms. The first-order valence-electron chi connectivity index (χ1n) is 12.2. The van der Waals surface area contributed by atoms with Crippen molar-refractivity contribution in [1.82, 2.24) is 19.2 Å². The molecule has 1 aromatic carbocycles. The van der Waals surface area contributed by atoms with Crippen LogP contribution < -0.4 is 16.0 Å². The number of nitriles is 1. The molecule has 4 N–H and O–H groups in total. The third kappa shape index (κ3) is 6.21. The van der Waals surface area contributed by atoms with Crippen molar-refractivity contribution in [3.05, 3.63) is 48.8 Å². The highest BCUT2D eigenvalue weighted by atomic mass is 32.2. The maximum absolute atomic E-state index is 13.3. The number of carbonyl (C=O) groups is 2. The molecule has 0 saturated carbocycles. The molecule has 4 rings (SSSR count). The number of carboxylic acid groups (broad SMARTS) is 1. The largest absolute Gasteiger partial charge is 0.465 e. The topological polar surface area (TPSA) is 169 Å². The van der Waals surface area contributed by atoms with Gasteiger partial charge in [0.1, 0.15) is 0 Å². The Morgan fingerprint density at radius 2 is 1.89 bits per heavy atom. The lowest BCUT2D eigenvalue weighted by Crippen LogP contribution is -2.39. The summed E-state index contributed by atoms with van der Waals surface area (Å²) < 4.78 is 27.8. The molecule has 38 heavy (non-hydrogen) atoms. The number of nitrogens with one attached hydrogen (secondary N) is 3. The fourth-order valence-corrected chi connectivity index (χ4v) is 5.74. The maximum Gasteiger partial charge on any atom is 0.404 e. The number of fused-ring (bicyclic) bond motifs is 1. The van der Waals surface area contributed by atoms with Crippen molar-refractivity contribution in [2.75, 3.05) is 36.8 Å². The predicted molar refractivity (Wildman–Crippen MR) is 141 cm³/mol. The van der Waals surface area contributed by atoms with E-state index in [0.29, 0.717) is 29.7 Å². The lowest BCUT2D eigenvalue weighted by molar-refractivity contribution is -0.116. The Balaban J connectivity index is 1.64. The number of likely N-dealkylation sites (tertiary alicyclic amines) is 1. The highest BCUT2D eigenvalue weighted by Crippen LogP contribution is 2.34. The minimum absolute atomic E-state index is 0.0492. The van der Waals surface area contributed by atoms with Crippen molar-refractivity contribution >= 4 is 44.4 Å². The zero-order chi connectivity index (χ0) is 27.1. The summed E-state index contributed by atoms with van der Waals surface area (Å²) in [4.78, 5) is 30.0. The van der Waals surface area contributed by atoms with Crippen molar-refractivity contribution in [2.24, 2.45) is 0 Å². The molecule has 1 fully saturated rings. The van der Waals surface area contributed by atoms with Gasteiger partial charge in [-0.2, -0.15) is 5.26 Å². The number of nitrogens with zero attached hydrogens (tertiary/aromatic N) is 4. The van der Waals surface area contributed by atoms with Gasteiger partial charge in [0.15, 0.2) is 5.65 Å². The molecule has 0 spiro atoms. The van der Waals surface area contributed by atoms with Gasteiger partial charge in [-0.15, -0.1) is 0 Å². The summed E-state index contributed by atoms with van der Waals surface area (Å²) >= 11 is 0. The van der Waals surface area contributed by atoms with Gasteiger partial charge in [-0.25, -0.2) is 22.2 Å². The van der Waals surface area contributed by atoms with Crippen LogP contribution in [0.25, 0.3) is 11.0 Å². The molecule has 3 aromatic rings. The number of piperidine rings is 1. The third-order valence-corrected chi connectivity index (χ3v) is 8.04. The van der Waals surface area contributed by atoms with Gasteiger partial charge in [0.05, 0.1) is 28.5 Å². The van der Waals surface area contributed by atoms with E-state index >= 15 is 0 Å². The average Bonchev–Trinajstić information content (AvgIpc) is 3.35. The van der Waals surface area contributed by atoms with Crippen LogP contribution >= 0.6 is 0 Å². The Morgan fingerprint density at radius 1 is 1.16 bits per heavy atom. The molecule has 2 amide bonds. The van der Waals surface area contributed by atoms with E-state index in [4.69, 9.17) is 10.4 Å². The van der Waals surface area contributed by atoms with Gasteiger partial charge in [-0.1, -0.05) is 18.2 Å². The van der Waals surface area contributed by atoms with Gasteiger partial charge in [0.2, 0.25) is 5.91 Å². The van der Waals surface area contributed by atoms with E-state index < -0.39 is 22.0 Å². The van der Waals surface area contributed by atoms with E-state index in [1.165, 1.54) is 24.5 Å². The average molecular weight is 540 g/mol. The normalized spacial score (nSPS) is 14.6. The van der Waals surface area contributed by atoms with Crippen LogP contribution in [-0.2, 0) is 14.8 Å². The molecule has 0 aliphatic carbocycles. The third-order valence-electron chi connectivity index (χ3n) is 6.36. The van der Waals surface area contributed by atoms with Crippen LogP contribution in [0, 0.1) is 11.3 Å². The van der Waals surface area contributed by atoms with Crippen LogP contribution in [0.15, 0.2) is 53.7 Å². The molecule has 0 unspecified atom stereocenters. The highest BCUT2D eigenvalue weighted by molar-refractivity contribution is 7.90. The van der Waals surface area contributed by atoms with E-state index in [1.54, 1.807) is 24.3 Å². The van der Waals surface area contributed by atoms with E-state index in [0.717, 1.165) is 29.9 Å². The molecule has 3 heterocycles. The first-order chi connectivity index (χ1) is 18.3. The molecule has 200 valence electrons. The Labute approximate surface area is 220 Å². The second-order valence-electron chi connectivity index (χ2n) is 8.91. The van der Waals surface area contributed by atoms with E-state index in [2.05, 4.69) is 31.9 Å².